The summed E-state index contributed by atoms with van der Waals surface area (Å²) in [6.45, 7) is 0. The van der Waals surface area contributed by atoms with Crippen LogP contribution in [-0.2, 0) is 9.59 Å². The number of thiocarbonyl (C=S) groups is 1. The number of thioether (sulfide) groups is 1. The van der Waals surface area contributed by atoms with Gasteiger partial charge in [-0.25, -0.2) is 0 Å². The van der Waals surface area contributed by atoms with E-state index in [4.69, 9.17) is 17.3 Å². The number of aliphatic carboxylic acids is 1. The summed E-state index contributed by atoms with van der Waals surface area (Å²) in [6, 6.07) is 0.00449. The molecule has 2 rings (SSSR count). The lowest BCUT2D eigenvalue weighted by atomic mass is 9.85. The van der Waals surface area contributed by atoms with E-state index >= 15 is 0 Å². The van der Waals surface area contributed by atoms with Crippen molar-refractivity contribution in [1.82, 2.24) is 4.90 Å². The van der Waals surface area contributed by atoms with E-state index in [0.29, 0.717) is 22.9 Å². The first-order valence-electron chi connectivity index (χ1n) is 5.31. The molecule has 4 nitrogen and oxygen atoms in total. The van der Waals surface area contributed by atoms with Crippen LogP contribution in [0.1, 0.15) is 25.7 Å². The molecule has 2 atom stereocenters. The molecule has 2 aliphatic rings. The number of carbonyl (C=O) groups is 2. The zero-order chi connectivity index (χ0) is 11.7. The third-order valence-electron chi connectivity index (χ3n) is 3.15. The molecule has 6 heteroatoms. The van der Waals surface area contributed by atoms with E-state index in [1.165, 1.54) is 11.8 Å². The Morgan fingerprint density at radius 1 is 1.50 bits per heavy atom. The molecule has 1 aliphatic heterocycles. The topological polar surface area (TPSA) is 57.6 Å². The summed E-state index contributed by atoms with van der Waals surface area (Å²) in [5, 5.41) is 8.99. The molecule has 1 heterocycles. The summed E-state index contributed by atoms with van der Waals surface area (Å²) in [7, 11) is 0. The van der Waals surface area contributed by atoms with Gasteiger partial charge in [-0.15, -0.1) is 0 Å². The molecule has 0 bridgehead atoms. The van der Waals surface area contributed by atoms with Crippen LogP contribution in [0.4, 0.5) is 0 Å². The molecule has 0 aromatic rings. The number of nitrogens with zero attached hydrogens (tertiary/aromatic N) is 1. The van der Waals surface area contributed by atoms with Crippen LogP contribution in [0.5, 0.6) is 0 Å². The molecule has 16 heavy (non-hydrogen) atoms. The molecule has 2 fully saturated rings. The summed E-state index contributed by atoms with van der Waals surface area (Å²) >= 11 is 6.50. The van der Waals surface area contributed by atoms with Crippen molar-refractivity contribution in [2.45, 2.75) is 31.7 Å². The van der Waals surface area contributed by atoms with Gasteiger partial charge in [0.25, 0.3) is 0 Å². The van der Waals surface area contributed by atoms with Crippen molar-refractivity contribution in [1.29, 1.82) is 0 Å². The summed E-state index contributed by atoms with van der Waals surface area (Å²) in [4.78, 5) is 24.2. The SMILES string of the molecule is O=C(O)C1CCCC(N2C(=O)CSC2=S)C1. The van der Waals surface area contributed by atoms with Crippen LogP contribution < -0.4 is 0 Å². The lowest BCUT2D eigenvalue weighted by Crippen LogP contribution is -2.42. The van der Waals surface area contributed by atoms with Gasteiger partial charge in [0, 0.05) is 6.04 Å². The first kappa shape index (κ1) is 11.9. The number of carboxylic acid groups (broad SMARTS) is 1. The third kappa shape index (κ3) is 2.22. The third-order valence-corrected chi connectivity index (χ3v) is 4.53. The van der Waals surface area contributed by atoms with Crippen molar-refractivity contribution in [3.8, 4) is 0 Å². The van der Waals surface area contributed by atoms with E-state index in [9.17, 15) is 9.59 Å². The van der Waals surface area contributed by atoms with Gasteiger partial charge in [0.05, 0.1) is 11.7 Å². The van der Waals surface area contributed by atoms with Gasteiger partial charge < -0.3 is 5.11 Å². The molecular weight excluding hydrogens is 246 g/mol. The first-order valence-corrected chi connectivity index (χ1v) is 6.70. The molecule has 1 amide bonds. The van der Waals surface area contributed by atoms with E-state index < -0.39 is 5.97 Å². The normalized spacial score (nSPS) is 30.9. The van der Waals surface area contributed by atoms with Crippen molar-refractivity contribution in [2.24, 2.45) is 5.92 Å². The van der Waals surface area contributed by atoms with Gasteiger partial charge >= 0.3 is 5.97 Å². The zero-order valence-corrected chi connectivity index (χ0v) is 10.4. The van der Waals surface area contributed by atoms with Gasteiger partial charge in [0.2, 0.25) is 5.91 Å². The van der Waals surface area contributed by atoms with Crippen LogP contribution in [0.3, 0.4) is 0 Å². The molecule has 0 radical (unpaired) electrons. The van der Waals surface area contributed by atoms with Crippen molar-refractivity contribution >= 4 is 40.2 Å². The van der Waals surface area contributed by atoms with Crippen LogP contribution in [0.2, 0.25) is 0 Å². The molecule has 0 aromatic heterocycles. The van der Waals surface area contributed by atoms with Gasteiger partial charge in [-0.05, 0) is 19.3 Å². The molecule has 2 unspecified atom stereocenters. The molecule has 1 saturated heterocycles. The largest absolute Gasteiger partial charge is 0.481 e. The second-order valence-electron chi connectivity index (χ2n) is 4.17. The highest BCUT2D eigenvalue weighted by Crippen LogP contribution is 2.32. The average molecular weight is 259 g/mol. The predicted octanol–water partition coefficient (Wildman–Crippen LogP) is 1.49. The number of hydrogen-bond donors (Lipinski definition) is 1. The number of carboxylic acids is 1. The number of amides is 1. The Bertz CT molecular complexity index is 329. The summed E-state index contributed by atoms with van der Waals surface area (Å²) in [5.74, 6) is -0.631. The Morgan fingerprint density at radius 2 is 2.25 bits per heavy atom. The van der Waals surface area contributed by atoms with Crippen LogP contribution in [0.15, 0.2) is 0 Å². The highest BCUT2D eigenvalue weighted by Gasteiger charge is 2.37. The summed E-state index contributed by atoms with van der Waals surface area (Å²) in [6.07, 6.45) is 2.99. The van der Waals surface area contributed by atoms with E-state index in [1.807, 2.05) is 0 Å². The van der Waals surface area contributed by atoms with Gasteiger partial charge in [-0.2, -0.15) is 0 Å². The quantitative estimate of drug-likeness (QED) is 0.761. The summed E-state index contributed by atoms with van der Waals surface area (Å²) < 4.78 is 0.612. The predicted molar refractivity (Wildman–Crippen MR) is 65.3 cm³/mol. The fourth-order valence-corrected chi connectivity index (χ4v) is 3.54. The molecule has 0 aromatic carbocycles. The first-order chi connectivity index (χ1) is 7.59. The minimum atomic E-state index is -0.755. The maximum absolute atomic E-state index is 11.6. The van der Waals surface area contributed by atoms with Crippen LogP contribution in [0.25, 0.3) is 0 Å². The smallest absolute Gasteiger partial charge is 0.306 e. The van der Waals surface area contributed by atoms with Gasteiger partial charge in [0.15, 0.2) is 0 Å². The second kappa shape index (κ2) is 4.71. The maximum Gasteiger partial charge on any atom is 0.306 e. The van der Waals surface area contributed by atoms with Crippen molar-refractivity contribution < 1.29 is 14.7 Å². The van der Waals surface area contributed by atoms with Gasteiger partial charge in [0.1, 0.15) is 4.32 Å². The fourth-order valence-electron chi connectivity index (χ4n) is 2.34. The zero-order valence-electron chi connectivity index (χ0n) is 8.72. The van der Waals surface area contributed by atoms with Crippen molar-refractivity contribution in [3.63, 3.8) is 0 Å². The Labute approximate surface area is 103 Å². The Kier molecular flexibility index (Phi) is 3.49. The van der Waals surface area contributed by atoms with Crippen molar-refractivity contribution in [2.75, 3.05) is 5.75 Å². The standard InChI is InChI=1S/C10H13NO3S2/c12-8-5-16-10(15)11(8)7-3-1-2-6(4-7)9(13)14/h6-7H,1-5H2,(H,13,14). The minimum absolute atomic E-state index is 0.00449. The molecular formula is C10H13NO3S2. The molecule has 1 aliphatic carbocycles. The van der Waals surface area contributed by atoms with E-state index in [0.717, 1.165) is 12.8 Å². The van der Waals surface area contributed by atoms with Crippen LogP contribution >= 0.6 is 24.0 Å². The highest BCUT2D eigenvalue weighted by molar-refractivity contribution is 8.23. The maximum atomic E-state index is 11.6. The Balaban J connectivity index is 2.06. The average Bonchev–Trinajstić information content (AvgIpc) is 2.59. The number of hydrogen-bond acceptors (Lipinski definition) is 4. The number of rotatable bonds is 2. The second-order valence-corrected chi connectivity index (χ2v) is 5.78. The molecule has 88 valence electrons. The Hall–Kier alpha value is -0.620. The highest BCUT2D eigenvalue weighted by atomic mass is 32.2. The van der Waals surface area contributed by atoms with Gasteiger partial charge in [-0.3, -0.25) is 14.5 Å². The van der Waals surface area contributed by atoms with Crippen LogP contribution in [0, 0.1) is 5.92 Å². The van der Waals surface area contributed by atoms with Crippen LogP contribution in [-0.4, -0.2) is 38.0 Å². The minimum Gasteiger partial charge on any atom is -0.481 e. The lowest BCUT2D eigenvalue weighted by molar-refractivity contribution is -0.144. The summed E-state index contributed by atoms with van der Waals surface area (Å²) in [5.41, 5.74) is 0. The Morgan fingerprint density at radius 3 is 2.81 bits per heavy atom. The molecule has 1 saturated carbocycles. The monoisotopic (exact) mass is 259 g/mol. The fraction of sp³-hybridized carbons (Fsp3) is 0.700. The van der Waals surface area contributed by atoms with E-state index in [2.05, 4.69) is 0 Å². The van der Waals surface area contributed by atoms with E-state index in [1.54, 1.807) is 4.90 Å². The molecule has 1 N–H and O–H groups in total. The number of carbonyl (C=O) groups excluding carboxylic acids is 1. The van der Waals surface area contributed by atoms with Gasteiger partial charge in [-0.1, -0.05) is 30.4 Å². The lowest BCUT2D eigenvalue weighted by Gasteiger charge is -2.33. The van der Waals surface area contributed by atoms with Crippen molar-refractivity contribution in [3.05, 3.63) is 0 Å². The van der Waals surface area contributed by atoms with E-state index in [-0.39, 0.29) is 17.9 Å². The molecule has 0 spiro atoms.